The first-order valence-electron chi connectivity index (χ1n) is 7.31. The summed E-state index contributed by atoms with van der Waals surface area (Å²) in [7, 11) is 0. The molecule has 0 saturated carbocycles. The lowest BCUT2D eigenvalue weighted by atomic mass is 9.93. The van der Waals surface area contributed by atoms with Crippen LogP contribution in [0.3, 0.4) is 0 Å². The quantitative estimate of drug-likeness (QED) is 0.921. The average molecular weight is 278 g/mol. The van der Waals surface area contributed by atoms with Crippen molar-refractivity contribution in [3.8, 4) is 0 Å². The van der Waals surface area contributed by atoms with Crippen LogP contribution < -0.4 is 5.32 Å². The van der Waals surface area contributed by atoms with Gasteiger partial charge in [-0.1, -0.05) is 13.8 Å². The van der Waals surface area contributed by atoms with E-state index in [4.69, 9.17) is 0 Å². The fourth-order valence-electron chi connectivity index (χ4n) is 2.86. The first-order chi connectivity index (χ1) is 9.52. The van der Waals surface area contributed by atoms with Gasteiger partial charge in [-0.2, -0.15) is 0 Å². The van der Waals surface area contributed by atoms with Gasteiger partial charge in [0.15, 0.2) is 0 Å². The van der Waals surface area contributed by atoms with Gasteiger partial charge < -0.3 is 10.2 Å². The lowest BCUT2D eigenvalue weighted by Crippen LogP contribution is -2.50. The largest absolute Gasteiger partial charge is 0.338 e. The van der Waals surface area contributed by atoms with Gasteiger partial charge in [0, 0.05) is 24.7 Å². The maximum absolute atomic E-state index is 13.3. The maximum atomic E-state index is 13.3. The van der Waals surface area contributed by atoms with E-state index >= 15 is 0 Å². The highest BCUT2D eigenvalue weighted by atomic mass is 19.1. The molecule has 0 bridgehead atoms. The van der Waals surface area contributed by atoms with Crippen LogP contribution in [0.5, 0.6) is 0 Å². The number of piperidine rings is 1. The number of rotatable bonds is 3. The molecule has 1 aliphatic rings. The van der Waals surface area contributed by atoms with Crippen molar-refractivity contribution >= 4 is 5.91 Å². The first kappa shape index (κ1) is 15.0. The minimum atomic E-state index is -0.263. The summed E-state index contributed by atoms with van der Waals surface area (Å²) in [5.41, 5.74) is 1.10. The van der Waals surface area contributed by atoms with Crippen LogP contribution >= 0.6 is 0 Å². The van der Waals surface area contributed by atoms with Crippen molar-refractivity contribution in [3.63, 3.8) is 0 Å². The molecule has 2 atom stereocenters. The molecule has 1 saturated heterocycles. The molecule has 1 amide bonds. The van der Waals surface area contributed by atoms with E-state index < -0.39 is 0 Å². The van der Waals surface area contributed by atoms with Crippen LogP contribution in [0.2, 0.25) is 0 Å². The highest BCUT2D eigenvalue weighted by molar-refractivity contribution is 5.94. The van der Waals surface area contributed by atoms with Crippen LogP contribution in [0.25, 0.3) is 0 Å². The molecule has 0 aliphatic carbocycles. The van der Waals surface area contributed by atoms with Crippen molar-refractivity contribution in [1.82, 2.24) is 10.2 Å². The lowest BCUT2D eigenvalue weighted by molar-refractivity contribution is 0.0646. The van der Waals surface area contributed by atoms with Gasteiger partial charge in [-0.25, -0.2) is 4.39 Å². The van der Waals surface area contributed by atoms with Crippen molar-refractivity contribution in [2.45, 2.75) is 33.2 Å². The molecule has 1 aromatic carbocycles. The van der Waals surface area contributed by atoms with Gasteiger partial charge in [0.2, 0.25) is 0 Å². The standard InChI is InChI=1S/C16H23FN2O/c1-4-18-15-7-8-19(10-12(15)3)16(20)13-5-6-14(17)11(2)9-13/h5-6,9,12,15,18H,4,7-8,10H2,1-3H3. The molecular formula is C16H23FN2O. The maximum Gasteiger partial charge on any atom is 0.253 e. The second-order valence-corrected chi connectivity index (χ2v) is 5.65. The molecule has 1 aromatic rings. The Bertz CT molecular complexity index is 489. The summed E-state index contributed by atoms with van der Waals surface area (Å²) in [6.45, 7) is 8.44. The summed E-state index contributed by atoms with van der Waals surface area (Å²) in [6, 6.07) is 5.07. The molecule has 4 heteroatoms. The van der Waals surface area contributed by atoms with E-state index in [1.165, 1.54) is 6.07 Å². The lowest BCUT2D eigenvalue weighted by Gasteiger charge is -2.37. The zero-order valence-corrected chi connectivity index (χ0v) is 12.4. The third kappa shape index (κ3) is 3.18. The van der Waals surface area contributed by atoms with Crippen LogP contribution in [-0.4, -0.2) is 36.5 Å². The summed E-state index contributed by atoms with van der Waals surface area (Å²) in [4.78, 5) is 14.3. The molecule has 2 rings (SSSR count). The van der Waals surface area contributed by atoms with Gasteiger partial charge in [-0.3, -0.25) is 4.79 Å². The van der Waals surface area contributed by atoms with E-state index in [1.54, 1.807) is 19.1 Å². The Morgan fingerprint density at radius 1 is 1.50 bits per heavy atom. The van der Waals surface area contributed by atoms with E-state index in [2.05, 4.69) is 19.2 Å². The number of halogens is 1. The summed E-state index contributed by atoms with van der Waals surface area (Å²) in [5, 5.41) is 3.46. The van der Waals surface area contributed by atoms with Gasteiger partial charge in [-0.05, 0) is 49.6 Å². The number of hydrogen-bond acceptors (Lipinski definition) is 2. The molecular weight excluding hydrogens is 255 g/mol. The summed E-state index contributed by atoms with van der Waals surface area (Å²) < 4.78 is 13.3. The second-order valence-electron chi connectivity index (χ2n) is 5.65. The molecule has 3 nitrogen and oxygen atoms in total. The van der Waals surface area contributed by atoms with Crippen LogP contribution in [0.4, 0.5) is 4.39 Å². The number of aryl methyl sites for hydroxylation is 1. The van der Waals surface area contributed by atoms with Gasteiger partial charge in [0.1, 0.15) is 5.82 Å². The van der Waals surface area contributed by atoms with Gasteiger partial charge in [0.25, 0.3) is 5.91 Å². The minimum absolute atomic E-state index is 0.00917. The van der Waals surface area contributed by atoms with Gasteiger partial charge in [-0.15, -0.1) is 0 Å². The van der Waals surface area contributed by atoms with E-state index in [1.807, 2.05) is 4.90 Å². The summed E-state index contributed by atoms with van der Waals surface area (Å²) in [5.74, 6) is 0.185. The topological polar surface area (TPSA) is 32.3 Å². The van der Waals surface area contributed by atoms with Crippen LogP contribution in [0.15, 0.2) is 18.2 Å². The predicted octanol–water partition coefficient (Wildman–Crippen LogP) is 2.59. The van der Waals surface area contributed by atoms with Crippen molar-refractivity contribution in [2.75, 3.05) is 19.6 Å². The molecule has 1 heterocycles. The smallest absolute Gasteiger partial charge is 0.253 e. The van der Waals surface area contributed by atoms with Crippen LogP contribution in [-0.2, 0) is 0 Å². The van der Waals surface area contributed by atoms with Crippen LogP contribution in [0, 0.1) is 18.7 Å². The minimum Gasteiger partial charge on any atom is -0.338 e. The number of amides is 1. The number of carbonyl (C=O) groups excluding carboxylic acids is 1. The molecule has 2 unspecified atom stereocenters. The van der Waals surface area contributed by atoms with Crippen molar-refractivity contribution in [2.24, 2.45) is 5.92 Å². The Morgan fingerprint density at radius 3 is 2.85 bits per heavy atom. The number of benzene rings is 1. The zero-order valence-electron chi connectivity index (χ0n) is 12.4. The third-order valence-corrected chi connectivity index (χ3v) is 4.06. The number of nitrogens with one attached hydrogen (secondary N) is 1. The average Bonchev–Trinajstić information content (AvgIpc) is 2.43. The molecule has 1 N–H and O–H groups in total. The fraction of sp³-hybridized carbons (Fsp3) is 0.562. The summed E-state index contributed by atoms with van der Waals surface area (Å²) in [6.07, 6.45) is 0.973. The predicted molar refractivity (Wildman–Crippen MR) is 78.3 cm³/mol. The number of nitrogens with zero attached hydrogens (tertiary/aromatic N) is 1. The van der Waals surface area contributed by atoms with Gasteiger partial charge >= 0.3 is 0 Å². The molecule has 20 heavy (non-hydrogen) atoms. The van der Waals surface area contributed by atoms with Crippen molar-refractivity contribution in [1.29, 1.82) is 0 Å². The Hall–Kier alpha value is -1.42. The number of carbonyl (C=O) groups is 1. The molecule has 1 fully saturated rings. The van der Waals surface area contributed by atoms with E-state index in [0.717, 1.165) is 26.1 Å². The molecule has 0 aromatic heterocycles. The SMILES string of the molecule is CCNC1CCN(C(=O)c2ccc(F)c(C)c2)CC1C. The van der Waals surface area contributed by atoms with E-state index in [-0.39, 0.29) is 11.7 Å². The first-order valence-corrected chi connectivity index (χ1v) is 7.31. The molecule has 0 radical (unpaired) electrons. The Morgan fingerprint density at radius 2 is 2.25 bits per heavy atom. The number of likely N-dealkylation sites (tertiary alicyclic amines) is 1. The second kappa shape index (κ2) is 6.35. The van der Waals surface area contributed by atoms with Crippen molar-refractivity contribution < 1.29 is 9.18 Å². The Balaban J connectivity index is 2.05. The van der Waals surface area contributed by atoms with Gasteiger partial charge in [0.05, 0.1) is 0 Å². The Labute approximate surface area is 120 Å². The normalized spacial score (nSPS) is 22.9. The Kier molecular flexibility index (Phi) is 4.76. The molecule has 110 valence electrons. The monoisotopic (exact) mass is 278 g/mol. The van der Waals surface area contributed by atoms with Crippen LogP contribution in [0.1, 0.15) is 36.2 Å². The third-order valence-electron chi connectivity index (χ3n) is 4.06. The highest BCUT2D eigenvalue weighted by Crippen LogP contribution is 2.20. The molecule has 1 aliphatic heterocycles. The summed E-state index contributed by atoms with van der Waals surface area (Å²) >= 11 is 0. The van der Waals surface area contributed by atoms with Crippen molar-refractivity contribution in [3.05, 3.63) is 35.1 Å². The number of hydrogen-bond donors (Lipinski definition) is 1. The zero-order chi connectivity index (χ0) is 14.7. The molecule has 0 spiro atoms. The van der Waals surface area contributed by atoms with E-state index in [0.29, 0.717) is 23.1 Å². The highest BCUT2D eigenvalue weighted by Gasteiger charge is 2.28. The fourth-order valence-corrected chi connectivity index (χ4v) is 2.86. The van der Waals surface area contributed by atoms with E-state index in [9.17, 15) is 9.18 Å².